The van der Waals surface area contributed by atoms with E-state index in [0.717, 1.165) is 0 Å². The average Bonchev–Trinajstić information content (AvgIpc) is 2.63. The lowest BCUT2D eigenvalue weighted by molar-refractivity contribution is 0.0402. The molecule has 0 aromatic heterocycles. The monoisotopic (exact) mass is 225 g/mol. The van der Waals surface area contributed by atoms with Gasteiger partial charge in [-0.3, -0.25) is 9.80 Å². The van der Waals surface area contributed by atoms with Crippen molar-refractivity contribution in [2.24, 2.45) is 5.73 Å². The van der Waals surface area contributed by atoms with Crippen LogP contribution in [0.15, 0.2) is 0 Å². The third-order valence-electron chi connectivity index (χ3n) is 4.26. The van der Waals surface area contributed by atoms with Crippen LogP contribution in [0.4, 0.5) is 0 Å². The molecule has 0 aromatic rings. The predicted octanol–water partition coefficient (Wildman–Crippen LogP) is 1.28. The minimum Gasteiger partial charge on any atom is -0.326 e. The summed E-state index contributed by atoms with van der Waals surface area (Å²) < 4.78 is 0. The lowest BCUT2D eigenvalue weighted by Crippen LogP contribution is -2.57. The summed E-state index contributed by atoms with van der Waals surface area (Å²) in [6.07, 6.45) is 3.87. The maximum atomic E-state index is 6.17. The van der Waals surface area contributed by atoms with Gasteiger partial charge in [0.25, 0.3) is 0 Å². The zero-order valence-electron chi connectivity index (χ0n) is 11.1. The lowest BCUT2D eigenvalue weighted by Gasteiger charge is -2.44. The molecule has 2 rings (SSSR count). The van der Waals surface area contributed by atoms with E-state index in [0.29, 0.717) is 17.6 Å². The number of nitrogens with zero attached hydrogens (tertiary/aromatic N) is 2. The first kappa shape index (κ1) is 12.3. The summed E-state index contributed by atoms with van der Waals surface area (Å²) in [6, 6.07) is 1.10. The van der Waals surface area contributed by atoms with Crippen LogP contribution in [0.5, 0.6) is 0 Å². The highest BCUT2D eigenvalue weighted by Crippen LogP contribution is 2.25. The van der Waals surface area contributed by atoms with Crippen molar-refractivity contribution in [2.45, 2.75) is 57.7 Å². The van der Waals surface area contributed by atoms with Gasteiger partial charge in [-0.2, -0.15) is 0 Å². The molecule has 2 unspecified atom stereocenters. The largest absolute Gasteiger partial charge is 0.326 e. The Kier molecular flexibility index (Phi) is 3.57. The first-order valence-electron chi connectivity index (χ1n) is 6.73. The third-order valence-corrected chi connectivity index (χ3v) is 4.26. The van der Waals surface area contributed by atoms with E-state index in [4.69, 9.17) is 5.73 Å². The van der Waals surface area contributed by atoms with Crippen molar-refractivity contribution in [3.8, 4) is 0 Å². The first-order chi connectivity index (χ1) is 7.48. The highest BCUT2D eigenvalue weighted by atomic mass is 15.3. The van der Waals surface area contributed by atoms with Crippen LogP contribution in [0.3, 0.4) is 0 Å². The summed E-state index contributed by atoms with van der Waals surface area (Å²) in [5.41, 5.74) is 6.50. The Morgan fingerprint density at radius 3 is 2.06 bits per heavy atom. The second-order valence-corrected chi connectivity index (χ2v) is 6.36. The van der Waals surface area contributed by atoms with Crippen LogP contribution in [-0.2, 0) is 0 Å². The quantitative estimate of drug-likeness (QED) is 0.730. The zero-order chi connectivity index (χ0) is 11.8. The van der Waals surface area contributed by atoms with Gasteiger partial charge in [-0.25, -0.2) is 0 Å². The second kappa shape index (κ2) is 4.63. The van der Waals surface area contributed by atoms with E-state index in [2.05, 4.69) is 30.6 Å². The average molecular weight is 225 g/mol. The van der Waals surface area contributed by atoms with Crippen LogP contribution in [0, 0.1) is 0 Å². The molecule has 0 aromatic carbocycles. The molecule has 1 heterocycles. The molecule has 3 nitrogen and oxygen atoms in total. The molecule has 0 amide bonds. The molecular formula is C13H27N3. The van der Waals surface area contributed by atoms with Crippen molar-refractivity contribution in [3.05, 3.63) is 0 Å². The smallest absolute Gasteiger partial charge is 0.0248 e. The fourth-order valence-corrected chi connectivity index (χ4v) is 3.15. The molecule has 0 bridgehead atoms. The highest BCUT2D eigenvalue weighted by Gasteiger charge is 2.33. The maximum Gasteiger partial charge on any atom is 0.0248 e. The number of hydrogen-bond acceptors (Lipinski definition) is 3. The molecule has 0 radical (unpaired) electrons. The van der Waals surface area contributed by atoms with Gasteiger partial charge in [0, 0.05) is 43.8 Å². The molecule has 2 aliphatic rings. The van der Waals surface area contributed by atoms with Crippen molar-refractivity contribution < 1.29 is 0 Å². The Labute approximate surface area is 100.0 Å². The summed E-state index contributed by atoms with van der Waals surface area (Å²) in [6.45, 7) is 11.7. The minimum atomic E-state index is 0.323. The van der Waals surface area contributed by atoms with Gasteiger partial charge in [-0.15, -0.1) is 0 Å². The molecule has 1 aliphatic carbocycles. The van der Waals surface area contributed by atoms with Crippen LogP contribution in [-0.4, -0.2) is 53.6 Å². The molecule has 1 saturated heterocycles. The third kappa shape index (κ3) is 2.58. The Morgan fingerprint density at radius 2 is 1.62 bits per heavy atom. The standard InChI is InChI=1S/C13H27N3/c1-13(2,3)16-9-7-15(8-10-16)12-6-4-5-11(12)14/h11-12H,4-10,14H2,1-3H3. The van der Waals surface area contributed by atoms with E-state index in [1.165, 1.54) is 45.4 Å². The van der Waals surface area contributed by atoms with E-state index >= 15 is 0 Å². The highest BCUT2D eigenvalue weighted by molar-refractivity contribution is 4.91. The molecule has 94 valence electrons. The molecule has 2 atom stereocenters. The van der Waals surface area contributed by atoms with E-state index in [1.807, 2.05) is 0 Å². The number of hydrogen-bond donors (Lipinski definition) is 1. The van der Waals surface area contributed by atoms with Gasteiger partial charge in [0.05, 0.1) is 0 Å². The van der Waals surface area contributed by atoms with Crippen LogP contribution in [0.1, 0.15) is 40.0 Å². The van der Waals surface area contributed by atoms with E-state index in [-0.39, 0.29) is 0 Å². The van der Waals surface area contributed by atoms with Crippen molar-refractivity contribution in [3.63, 3.8) is 0 Å². The normalized spacial score (nSPS) is 34.5. The zero-order valence-corrected chi connectivity index (χ0v) is 11.1. The van der Waals surface area contributed by atoms with Gasteiger partial charge in [-0.1, -0.05) is 6.42 Å². The lowest BCUT2D eigenvalue weighted by atomic mass is 10.0. The summed E-state index contributed by atoms with van der Waals surface area (Å²) in [7, 11) is 0. The molecule has 3 heteroatoms. The molecule has 16 heavy (non-hydrogen) atoms. The molecule has 2 N–H and O–H groups in total. The van der Waals surface area contributed by atoms with Crippen LogP contribution >= 0.6 is 0 Å². The molecule has 1 aliphatic heterocycles. The summed E-state index contributed by atoms with van der Waals surface area (Å²) in [5, 5.41) is 0. The predicted molar refractivity (Wildman–Crippen MR) is 68.5 cm³/mol. The van der Waals surface area contributed by atoms with Crippen molar-refractivity contribution >= 4 is 0 Å². The van der Waals surface area contributed by atoms with Crippen LogP contribution < -0.4 is 5.73 Å². The summed E-state index contributed by atoms with van der Waals surface area (Å²) in [4.78, 5) is 5.21. The molecular weight excluding hydrogens is 198 g/mol. The fraction of sp³-hybridized carbons (Fsp3) is 1.00. The van der Waals surface area contributed by atoms with Gasteiger partial charge in [0.1, 0.15) is 0 Å². The fourth-order valence-electron chi connectivity index (χ4n) is 3.15. The van der Waals surface area contributed by atoms with Crippen molar-refractivity contribution in [2.75, 3.05) is 26.2 Å². The van der Waals surface area contributed by atoms with Gasteiger partial charge >= 0.3 is 0 Å². The minimum absolute atomic E-state index is 0.323. The van der Waals surface area contributed by atoms with Gasteiger partial charge in [0.15, 0.2) is 0 Å². The Bertz CT molecular complexity index is 226. The van der Waals surface area contributed by atoms with Crippen LogP contribution in [0.2, 0.25) is 0 Å². The summed E-state index contributed by atoms with van der Waals surface area (Å²) >= 11 is 0. The van der Waals surface area contributed by atoms with Gasteiger partial charge in [0.2, 0.25) is 0 Å². The van der Waals surface area contributed by atoms with Crippen molar-refractivity contribution in [1.82, 2.24) is 9.80 Å². The number of rotatable bonds is 1. The van der Waals surface area contributed by atoms with E-state index < -0.39 is 0 Å². The molecule has 2 fully saturated rings. The first-order valence-corrected chi connectivity index (χ1v) is 6.73. The Balaban J connectivity index is 1.85. The SMILES string of the molecule is CC(C)(C)N1CCN(C2CCCC2N)CC1. The van der Waals surface area contributed by atoms with E-state index in [9.17, 15) is 0 Å². The Hall–Kier alpha value is -0.120. The number of nitrogens with two attached hydrogens (primary N) is 1. The number of piperazine rings is 1. The topological polar surface area (TPSA) is 32.5 Å². The summed E-state index contributed by atoms with van der Waals surface area (Å²) in [5.74, 6) is 0. The van der Waals surface area contributed by atoms with Crippen molar-refractivity contribution in [1.29, 1.82) is 0 Å². The van der Waals surface area contributed by atoms with Gasteiger partial charge in [-0.05, 0) is 33.6 Å². The Morgan fingerprint density at radius 1 is 1.00 bits per heavy atom. The second-order valence-electron chi connectivity index (χ2n) is 6.36. The molecule has 0 spiro atoms. The maximum absolute atomic E-state index is 6.17. The van der Waals surface area contributed by atoms with E-state index in [1.54, 1.807) is 0 Å². The van der Waals surface area contributed by atoms with Gasteiger partial charge < -0.3 is 5.73 Å². The molecule has 1 saturated carbocycles. The van der Waals surface area contributed by atoms with Crippen LogP contribution in [0.25, 0.3) is 0 Å².